The van der Waals surface area contributed by atoms with Crippen molar-refractivity contribution >= 4 is 11.8 Å². The van der Waals surface area contributed by atoms with Crippen molar-refractivity contribution in [2.24, 2.45) is 0 Å². The van der Waals surface area contributed by atoms with Gasteiger partial charge in [0.15, 0.2) is 0 Å². The van der Waals surface area contributed by atoms with E-state index in [0.717, 1.165) is 12.2 Å². The summed E-state index contributed by atoms with van der Waals surface area (Å²) in [6.45, 7) is 4.32. The van der Waals surface area contributed by atoms with Crippen LogP contribution in [0.1, 0.15) is 31.1 Å². The molecule has 1 heterocycles. The minimum atomic E-state index is 1.04. The predicted octanol–water partition coefficient (Wildman–Crippen LogP) is 5.08. The summed E-state index contributed by atoms with van der Waals surface area (Å²) in [4.78, 5) is 2.57. The minimum absolute atomic E-state index is 1.04. The van der Waals surface area contributed by atoms with Gasteiger partial charge in [-0.2, -0.15) is 0 Å². The first-order valence-electron chi connectivity index (χ1n) is 6.11. The maximum absolute atomic E-state index is 5.65. The first-order valence-corrected chi connectivity index (χ1v) is 6.92. The van der Waals surface area contributed by atoms with Gasteiger partial charge in [0, 0.05) is 16.9 Å². The van der Waals surface area contributed by atoms with Gasteiger partial charge in [-0.05, 0) is 25.5 Å². The lowest BCUT2D eigenvalue weighted by Crippen LogP contribution is -1.85. The normalized spacial score (nSPS) is 10.7. The second kappa shape index (κ2) is 5.97. The second-order valence-electron chi connectivity index (χ2n) is 4.19. The van der Waals surface area contributed by atoms with Crippen LogP contribution >= 0.6 is 11.8 Å². The first kappa shape index (κ1) is 12.3. The van der Waals surface area contributed by atoms with Crippen LogP contribution in [0.2, 0.25) is 0 Å². The molecule has 90 valence electrons. The zero-order valence-electron chi connectivity index (χ0n) is 10.4. The molecule has 0 aliphatic rings. The third kappa shape index (κ3) is 3.16. The largest absolute Gasteiger partial charge is 0.468 e. The number of aryl methyl sites for hydroxylation is 2. The van der Waals surface area contributed by atoms with E-state index in [2.05, 4.69) is 38.1 Å². The van der Waals surface area contributed by atoms with Gasteiger partial charge in [-0.1, -0.05) is 43.3 Å². The average molecular weight is 246 g/mol. The van der Waals surface area contributed by atoms with Gasteiger partial charge in [0.2, 0.25) is 0 Å². The fourth-order valence-corrected chi connectivity index (χ4v) is 2.74. The fraction of sp³-hybridized carbons (Fsp3) is 0.333. The van der Waals surface area contributed by atoms with E-state index in [1.165, 1.54) is 28.2 Å². The monoisotopic (exact) mass is 246 g/mol. The van der Waals surface area contributed by atoms with Gasteiger partial charge < -0.3 is 4.42 Å². The molecule has 0 fully saturated rings. The Hall–Kier alpha value is -1.15. The quantitative estimate of drug-likeness (QED) is 0.729. The average Bonchev–Trinajstić information content (AvgIpc) is 2.70. The molecule has 1 aromatic heterocycles. The van der Waals surface area contributed by atoms with Crippen molar-refractivity contribution in [3.05, 3.63) is 47.9 Å². The fourth-order valence-electron chi connectivity index (χ4n) is 1.74. The summed E-state index contributed by atoms with van der Waals surface area (Å²) in [5, 5.41) is 0. The van der Waals surface area contributed by atoms with E-state index in [-0.39, 0.29) is 0 Å². The zero-order chi connectivity index (χ0) is 12.1. The molecule has 0 unspecified atom stereocenters. The van der Waals surface area contributed by atoms with Gasteiger partial charge in [0.1, 0.15) is 5.76 Å². The van der Waals surface area contributed by atoms with E-state index in [0.29, 0.717) is 0 Å². The SMILES string of the molecule is CCCCc1occ(C)c1Sc1ccccc1. The van der Waals surface area contributed by atoms with E-state index in [9.17, 15) is 0 Å². The van der Waals surface area contributed by atoms with Crippen LogP contribution in [0, 0.1) is 6.92 Å². The highest BCUT2D eigenvalue weighted by Crippen LogP contribution is 2.34. The molecule has 0 spiro atoms. The molecule has 2 rings (SSSR count). The molecule has 17 heavy (non-hydrogen) atoms. The summed E-state index contributed by atoms with van der Waals surface area (Å²) >= 11 is 1.80. The Labute approximate surface area is 107 Å². The smallest absolute Gasteiger partial charge is 0.117 e. The maximum Gasteiger partial charge on any atom is 0.117 e. The van der Waals surface area contributed by atoms with Gasteiger partial charge in [0.25, 0.3) is 0 Å². The highest BCUT2D eigenvalue weighted by Gasteiger charge is 2.11. The van der Waals surface area contributed by atoms with Crippen LogP contribution in [0.5, 0.6) is 0 Å². The number of hydrogen-bond donors (Lipinski definition) is 0. The van der Waals surface area contributed by atoms with Gasteiger partial charge in [0.05, 0.1) is 11.2 Å². The number of furan rings is 1. The molecular weight excluding hydrogens is 228 g/mol. The van der Waals surface area contributed by atoms with Gasteiger partial charge >= 0.3 is 0 Å². The molecule has 1 nitrogen and oxygen atoms in total. The third-order valence-electron chi connectivity index (χ3n) is 2.71. The summed E-state index contributed by atoms with van der Waals surface area (Å²) in [7, 11) is 0. The van der Waals surface area contributed by atoms with E-state index < -0.39 is 0 Å². The van der Waals surface area contributed by atoms with Crippen LogP contribution in [0.4, 0.5) is 0 Å². The van der Waals surface area contributed by atoms with Crippen molar-refractivity contribution in [1.29, 1.82) is 0 Å². The molecule has 1 aromatic carbocycles. The summed E-state index contributed by atoms with van der Waals surface area (Å²) < 4.78 is 5.65. The molecule has 0 saturated heterocycles. The predicted molar refractivity (Wildman–Crippen MR) is 72.6 cm³/mol. The Morgan fingerprint density at radius 3 is 2.65 bits per heavy atom. The van der Waals surface area contributed by atoms with E-state index in [1.54, 1.807) is 11.8 Å². The second-order valence-corrected chi connectivity index (χ2v) is 5.27. The first-order chi connectivity index (χ1) is 8.31. The van der Waals surface area contributed by atoms with Crippen LogP contribution < -0.4 is 0 Å². The Kier molecular flexibility index (Phi) is 4.32. The third-order valence-corrected chi connectivity index (χ3v) is 3.97. The Balaban J connectivity index is 2.17. The molecule has 0 bridgehead atoms. The topological polar surface area (TPSA) is 13.1 Å². The molecule has 0 aliphatic heterocycles. The lowest BCUT2D eigenvalue weighted by atomic mass is 10.2. The van der Waals surface area contributed by atoms with Gasteiger partial charge in [-0.15, -0.1) is 0 Å². The number of hydrogen-bond acceptors (Lipinski definition) is 2. The van der Waals surface area contributed by atoms with E-state index >= 15 is 0 Å². The summed E-state index contributed by atoms with van der Waals surface area (Å²) in [5.41, 5.74) is 1.24. The Morgan fingerprint density at radius 2 is 1.94 bits per heavy atom. The minimum Gasteiger partial charge on any atom is -0.468 e. The highest BCUT2D eigenvalue weighted by atomic mass is 32.2. The molecule has 0 saturated carbocycles. The van der Waals surface area contributed by atoms with Crippen molar-refractivity contribution < 1.29 is 4.42 Å². The maximum atomic E-state index is 5.65. The highest BCUT2D eigenvalue weighted by molar-refractivity contribution is 7.99. The van der Waals surface area contributed by atoms with Crippen molar-refractivity contribution in [3.8, 4) is 0 Å². The van der Waals surface area contributed by atoms with E-state index in [4.69, 9.17) is 4.42 Å². The van der Waals surface area contributed by atoms with Crippen LogP contribution in [0.25, 0.3) is 0 Å². The summed E-state index contributed by atoms with van der Waals surface area (Å²) in [5.74, 6) is 1.14. The standard InChI is InChI=1S/C15H18OS/c1-3-4-10-14-15(12(2)11-16-14)17-13-8-6-5-7-9-13/h5-9,11H,3-4,10H2,1-2H3. The van der Waals surface area contributed by atoms with Crippen molar-refractivity contribution in [2.45, 2.75) is 42.9 Å². The number of benzene rings is 1. The van der Waals surface area contributed by atoms with Crippen molar-refractivity contribution in [3.63, 3.8) is 0 Å². The molecule has 2 aromatic rings. The van der Waals surface area contributed by atoms with Gasteiger partial charge in [-0.25, -0.2) is 0 Å². The van der Waals surface area contributed by atoms with Crippen LogP contribution in [-0.2, 0) is 6.42 Å². The van der Waals surface area contributed by atoms with Gasteiger partial charge in [-0.3, -0.25) is 0 Å². The van der Waals surface area contributed by atoms with Crippen LogP contribution in [-0.4, -0.2) is 0 Å². The van der Waals surface area contributed by atoms with Crippen molar-refractivity contribution in [1.82, 2.24) is 0 Å². The molecule has 2 heteroatoms. The van der Waals surface area contributed by atoms with Crippen LogP contribution in [0.15, 0.2) is 50.8 Å². The lowest BCUT2D eigenvalue weighted by Gasteiger charge is -2.03. The number of rotatable bonds is 5. The summed E-state index contributed by atoms with van der Waals surface area (Å²) in [6, 6.07) is 10.5. The molecular formula is C15H18OS. The van der Waals surface area contributed by atoms with Crippen LogP contribution in [0.3, 0.4) is 0 Å². The summed E-state index contributed by atoms with van der Waals surface area (Å²) in [6.07, 6.45) is 5.31. The van der Waals surface area contributed by atoms with E-state index in [1.807, 2.05) is 12.3 Å². The number of unbranched alkanes of at least 4 members (excludes halogenated alkanes) is 1. The Morgan fingerprint density at radius 1 is 1.18 bits per heavy atom. The molecule has 0 radical (unpaired) electrons. The molecule has 0 atom stereocenters. The molecule has 0 aliphatic carbocycles. The Bertz CT molecular complexity index is 459. The molecule has 0 amide bonds. The zero-order valence-corrected chi connectivity index (χ0v) is 11.2. The lowest BCUT2D eigenvalue weighted by molar-refractivity contribution is 0.491. The molecule has 0 N–H and O–H groups in total. The van der Waals surface area contributed by atoms with Crippen molar-refractivity contribution in [2.75, 3.05) is 0 Å².